The van der Waals surface area contributed by atoms with Crippen molar-refractivity contribution in [3.63, 3.8) is 0 Å². The van der Waals surface area contributed by atoms with E-state index in [-0.39, 0.29) is 23.8 Å². The van der Waals surface area contributed by atoms with Gasteiger partial charge in [0, 0.05) is 6.54 Å². The molecule has 2 aromatic rings. The maximum absolute atomic E-state index is 12.5. The predicted octanol–water partition coefficient (Wildman–Crippen LogP) is 2.66. The van der Waals surface area contributed by atoms with Crippen molar-refractivity contribution in [1.82, 2.24) is 10.0 Å². The van der Waals surface area contributed by atoms with E-state index in [0.29, 0.717) is 10.0 Å². The minimum absolute atomic E-state index is 0.0203. The molecule has 1 heterocycles. The Morgan fingerprint density at radius 1 is 1.06 bits per heavy atom. The second kappa shape index (κ2) is 10.6. The third-order valence-electron chi connectivity index (χ3n) is 4.67. The number of nitrogens with one attached hydrogen (secondary N) is 2. The molecule has 0 bridgehead atoms. The first-order valence-electron chi connectivity index (χ1n) is 9.51. The highest BCUT2D eigenvalue weighted by Crippen LogP contribution is 2.22. The average Bonchev–Trinajstić information content (AvgIpc) is 2.76. The fourth-order valence-electron chi connectivity index (χ4n) is 3.06. The predicted molar refractivity (Wildman–Crippen MR) is 118 cm³/mol. The molecule has 10 heteroatoms. The summed E-state index contributed by atoms with van der Waals surface area (Å²) in [5.74, 6) is -0.263. The molecule has 1 amide bonds. The third-order valence-corrected chi connectivity index (χ3v) is 6.88. The van der Waals surface area contributed by atoms with Crippen molar-refractivity contribution >= 4 is 39.1 Å². The Morgan fingerprint density at radius 2 is 1.81 bits per heavy atom. The number of ether oxygens (including phenoxy) is 1. The highest BCUT2D eigenvalue weighted by atomic mass is 35.5. The van der Waals surface area contributed by atoms with E-state index in [9.17, 15) is 18.3 Å². The van der Waals surface area contributed by atoms with Crippen LogP contribution in [-0.2, 0) is 26.1 Å². The highest BCUT2D eigenvalue weighted by Gasteiger charge is 2.31. The van der Waals surface area contributed by atoms with E-state index in [0.717, 1.165) is 5.56 Å². The molecule has 0 radical (unpaired) electrons. The van der Waals surface area contributed by atoms with E-state index in [2.05, 4.69) is 10.0 Å². The van der Waals surface area contributed by atoms with Gasteiger partial charge in [0.2, 0.25) is 15.9 Å². The molecular weight excluding hydrogens is 463 g/mol. The zero-order valence-electron chi connectivity index (χ0n) is 16.4. The van der Waals surface area contributed by atoms with Gasteiger partial charge in [0.1, 0.15) is 6.10 Å². The van der Waals surface area contributed by atoms with E-state index in [1.807, 2.05) is 0 Å². The molecule has 0 aliphatic carbocycles. The van der Waals surface area contributed by atoms with Gasteiger partial charge in [0.25, 0.3) is 0 Å². The Morgan fingerprint density at radius 3 is 2.48 bits per heavy atom. The lowest BCUT2D eigenvalue weighted by atomic mass is 10.1. The quantitative estimate of drug-likeness (QED) is 0.499. The van der Waals surface area contributed by atoms with E-state index in [1.165, 1.54) is 12.1 Å². The van der Waals surface area contributed by atoms with Crippen LogP contribution < -0.4 is 10.0 Å². The molecule has 3 N–H and O–H groups in total. The monoisotopic (exact) mass is 484 g/mol. The number of carbonyl (C=O) groups excluding carboxylic acids is 1. The van der Waals surface area contributed by atoms with Crippen LogP contribution in [0.1, 0.15) is 12.0 Å². The largest absolute Gasteiger partial charge is 0.394 e. The Hall–Kier alpha value is -1.94. The fourth-order valence-corrected chi connectivity index (χ4v) is 4.62. The SMILES string of the molecule is O=C(C[C@@H]1C=C[C@H](NS(=O)(=O)c2ccccc2)[C@@H](CO)O1)NCc1ccc(Cl)c(Cl)c1. The second-order valence-electron chi connectivity index (χ2n) is 6.97. The van der Waals surface area contributed by atoms with Crippen molar-refractivity contribution in [2.24, 2.45) is 0 Å². The van der Waals surface area contributed by atoms with Crippen LogP contribution in [-0.4, -0.2) is 44.3 Å². The highest BCUT2D eigenvalue weighted by molar-refractivity contribution is 7.89. The van der Waals surface area contributed by atoms with Gasteiger partial charge in [-0.15, -0.1) is 0 Å². The summed E-state index contributed by atoms with van der Waals surface area (Å²) < 4.78 is 33.3. The molecule has 0 fully saturated rings. The summed E-state index contributed by atoms with van der Waals surface area (Å²) in [5, 5.41) is 13.3. The molecule has 0 saturated heterocycles. The Labute approximate surface area is 191 Å². The Bertz CT molecular complexity index is 1050. The van der Waals surface area contributed by atoms with E-state index < -0.39 is 34.9 Å². The summed E-state index contributed by atoms with van der Waals surface area (Å²) in [6.07, 6.45) is 1.82. The van der Waals surface area contributed by atoms with Crippen molar-refractivity contribution in [2.75, 3.05) is 6.61 Å². The van der Waals surface area contributed by atoms with Crippen LogP contribution in [0.3, 0.4) is 0 Å². The van der Waals surface area contributed by atoms with Crippen LogP contribution in [0.4, 0.5) is 0 Å². The molecule has 1 aliphatic rings. The van der Waals surface area contributed by atoms with Gasteiger partial charge >= 0.3 is 0 Å². The van der Waals surface area contributed by atoms with Crippen molar-refractivity contribution in [3.8, 4) is 0 Å². The van der Waals surface area contributed by atoms with Crippen LogP contribution in [0, 0.1) is 0 Å². The summed E-state index contributed by atoms with van der Waals surface area (Å²) in [5.41, 5.74) is 0.798. The lowest BCUT2D eigenvalue weighted by Gasteiger charge is -2.31. The van der Waals surface area contributed by atoms with Crippen molar-refractivity contribution in [3.05, 3.63) is 76.3 Å². The Balaban J connectivity index is 1.57. The zero-order valence-corrected chi connectivity index (χ0v) is 18.7. The summed E-state index contributed by atoms with van der Waals surface area (Å²) in [4.78, 5) is 12.4. The number of rotatable bonds is 8. The van der Waals surface area contributed by atoms with E-state index >= 15 is 0 Å². The zero-order chi connectivity index (χ0) is 22.4. The van der Waals surface area contributed by atoms with Gasteiger partial charge in [-0.3, -0.25) is 4.79 Å². The third kappa shape index (κ3) is 6.52. The smallest absolute Gasteiger partial charge is 0.241 e. The number of sulfonamides is 1. The summed E-state index contributed by atoms with van der Waals surface area (Å²) in [6, 6.07) is 12.2. The van der Waals surface area contributed by atoms with Gasteiger partial charge in [-0.2, -0.15) is 0 Å². The molecule has 0 saturated carbocycles. The van der Waals surface area contributed by atoms with Gasteiger partial charge < -0.3 is 15.2 Å². The van der Waals surface area contributed by atoms with Crippen LogP contribution >= 0.6 is 23.2 Å². The molecule has 2 aromatic carbocycles. The van der Waals surface area contributed by atoms with E-state index in [1.54, 1.807) is 48.6 Å². The molecule has 0 aromatic heterocycles. The van der Waals surface area contributed by atoms with Gasteiger partial charge in [-0.05, 0) is 29.8 Å². The molecule has 0 spiro atoms. The first-order valence-corrected chi connectivity index (χ1v) is 11.7. The van der Waals surface area contributed by atoms with E-state index in [4.69, 9.17) is 27.9 Å². The minimum atomic E-state index is -3.78. The molecule has 1 aliphatic heterocycles. The average molecular weight is 485 g/mol. The minimum Gasteiger partial charge on any atom is -0.394 e. The molecule has 0 unspecified atom stereocenters. The number of hydrogen-bond donors (Lipinski definition) is 3. The first kappa shape index (κ1) is 23.7. The van der Waals surface area contributed by atoms with Gasteiger partial charge in [0.05, 0.1) is 40.1 Å². The molecule has 3 atom stereocenters. The second-order valence-corrected chi connectivity index (χ2v) is 9.50. The van der Waals surface area contributed by atoms with Crippen molar-refractivity contribution < 1.29 is 23.1 Å². The maximum atomic E-state index is 12.5. The van der Waals surface area contributed by atoms with Crippen LogP contribution in [0.15, 0.2) is 65.6 Å². The van der Waals surface area contributed by atoms with Crippen molar-refractivity contribution in [2.45, 2.75) is 36.1 Å². The topological polar surface area (TPSA) is 105 Å². The fraction of sp³-hybridized carbons (Fsp3) is 0.286. The molecule has 31 heavy (non-hydrogen) atoms. The first-order chi connectivity index (χ1) is 14.8. The number of aliphatic hydroxyl groups excluding tert-OH is 1. The van der Waals surface area contributed by atoms with Crippen LogP contribution in [0.2, 0.25) is 10.0 Å². The van der Waals surface area contributed by atoms with Gasteiger partial charge in [0.15, 0.2) is 0 Å². The molecule has 3 rings (SSSR count). The maximum Gasteiger partial charge on any atom is 0.241 e. The molecule has 7 nitrogen and oxygen atoms in total. The number of hydrogen-bond acceptors (Lipinski definition) is 5. The number of aliphatic hydroxyl groups is 1. The standard InChI is InChI=1S/C21H22Cl2N2O5S/c22-17-8-6-14(10-18(17)23)12-24-21(27)11-15-7-9-19(20(13-26)30-15)25-31(28,29)16-4-2-1-3-5-16/h1-10,15,19-20,25-26H,11-13H2,(H,24,27)/t15-,19-,20+/m0/s1. The van der Waals surface area contributed by atoms with Crippen molar-refractivity contribution in [1.29, 1.82) is 0 Å². The summed E-state index contributed by atoms with van der Waals surface area (Å²) in [7, 11) is -3.78. The molecular formula is C21H22Cl2N2O5S. The van der Waals surface area contributed by atoms with Crippen LogP contribution in [0.25, 0.3) is 0 Å². The number of amides is 1. The number of benzene rings is 2. The normalized spacial score (nSPS) is 21.1. The summed E-state index contributed by atoms with van der Waals surface area (Å²) >= 11 is 11.8. The lowest BCUT2D eigenvalue weighted by Crippen LogP contribution is -2.48. The van der Waals surface area contributed by atoms with Gasteiger partial charge in [-0.25, -0.2) is 13.1 Å². The summed E-state index contributed by atoms with van der Waals surface area (Å²) in [6.45, 7) is -0.136. The van der Waals surface area contributed by atoms with Gasteiger partial charge in [-0.1, -0.05) is 59.6 Å². The number of halogens is 2. The van der Waals surface area contributed by atoms with Crippen LogP contribution in [0.5, 0.6) is 0 Å². The number of carbonyl (C=O) groups is 1. The lowest BCUT2D eigenvalue weighted by molar-refractivity contribution is -0.125. The Kier molecular flexibility index (Phi) is 8.10. The molecule has 166 valence electrons.